The second kappa shape index (κ2) is 5.38. The first-order valence-electron chi connectivity index (χ1n) is 5.46. The lowest BCUT2D eigenvalue weighted by atomic mass is 10.2. The van der Waals surface area contributed by atoms with Crippen molar-refractivity contribution in [3.8, 4) is 0 Å². The van der Waals surface area contributed by atoms with Gasteiger partial charge in [-0.15, -0.1) is 11.3 Å². The van der Waals surface area contributed by atoms with Crippen LogP contribution in [-0.2, 0) is 10.0 Å². The Kier molecular flexibility index (Phi) is 4.52. The van der Waals surface area contributed by atoms with Gasteiger partial charge in [0.15, 0.2) is 0 Å². The van der Waals surface area contributed by atoms with Gasteiger partial charge in [0.1, 0.15) is 4.88 Å². The lowest BCUT2D eigenvalue weighted by molar-refractivity contribution is 0.0702. The Balaban J connectivity index is 3.16. The summed E-state index contributed by atoms with van der Waals surface area (Å²) in [5.41, 5.74) is 0. The molecule has 0 amide bonds. The van der Waals surface area contributed by atoms with Gasteiger partial charge in [0.05, 0.1) is 4.90 Å². The number of aromatic carboxylic acids is 1. The van der Waals surface area contributed by atoms with Crippen LogP contribution in [0.4, 0.5) is 0 Å². The number of carbonyl (C=O) groups is 1. The summed E-state index contributed by atoms with van der Waals surface area (Å²) in [7, 11) is -2.09. The SMILES string of the molecule is Cc1sc(C(=O)O)cc1S(=O)(=O)N(C)CC(C)C. The first kappa shape index (κ1) is 15.1. The van der Waals surface area contributed by atoms with E-state index in [0.717, 1.165) is 11.3 Å². The minimum absolute atomic E-state index is 0.0454. The normalized spacial score (nSPS) is 12.3. The highest BCUT2D eigenvalue weighted by Crippen LogP contribution is 2.28. The molecule has 1 N–H and O–H groups in total. The van der Waals surface area contributed by atoms with Gasteiger partial charge in [-0.3, -0.25) is 0 Å². The van der Waals surface area contributed by atoms with Crippen molar-refractivity contribution in [3.05, 3.63) is 15.8 Å². The lowest BCUT2D eigenvalue weighted by Gasteiger charge is -2.18. The van der Waals surface area contributed by atoms with Crippen LogP contribution in [0.15, 0.2) is 11.0 Å². The monoisotopic (exact) mass is 291 g/mol. The van der Waals surface area contributed by atoms with Crippen molar-refractivity contribution < 1.29 is 18.3 Å². The first-order valence-corrected chi connectivity index (χ1v) is 7.72. The highest BCUT2D eigenvalue weighted by Gasteiger charge is 2.26. The zero-order chi connectivity index (χ0) is 14.1. The maximum Gasteiger partial charge on any atom is 0.345 e. The Bertz CT molecular complexity index is 545. The average Bonchev–Trinajstić information content (AvgIpc) is 2.59. The Morgan fingerprint density at radius 2 is 2.06 bits per heavy atom. The van der Waals surface area contributed by atoms with Crippen molar-refractivity contribution in [2.24, 2.45) is 5.92 Å². The molecule has 0 bridgehead atoms. The molecule has 0 radical (unpaired) electrons. The van der Waals surface area contributed by atoms with Gasteiger partial charge in [-0.05, 0) is 18.9 Å². The molecule has 0 aromatic carbocycles. The van der Waals surface area contributed by atoms with Crippen molar-refractivity contribution in [2.75, 3.05) is 13.6 Å². The standard InChI is InChI=1S/C11H17NO4S2/c1-7(2)6-12(4)18(15,16)10-5-9(11(13)14)17-8(10)3/h5,7H,6H2,1-4H3,(H,13,14). The van der Waals surface area contributed by atoms with E-state index < -0.39 is 16.0 Å². The lowest BCUT2D eigenvalue weighted by Crippen LogP contribution is -2.30. The number of nitrogens with zero attached hydrogens (tertiary/aromatic N) is 1. The van der Waals surface area contributed by atoms with Crippen molar-refractivity contribution >= 4 is 27.3 Å². The number of sulfonamides is 1. The zero-order valence-electron chi connectivity index (χ0n) is 10.8. The Hall–Kier alpha value is -0.920. The summed E-state index contributed by atoms with van der Waals surface area (Å²) < 4.78 is 25.8. The number of hydrogen-bond acceptors (Lipinski definition) is 4. The second-order valence-corrected chi connectivity index (χ2v) is 7.79. The third-order valence-electron chi connectivity index (χ3n) is 2.39. The maximum atomic E-state index is 12.3. The summed E-state index contributed by atoms with van der Waals surface area (Å²) in [4.78, 5) is 11.5. The van der Waals surface area contributed by atoms with Crippen LogP contribution in [0.2, 0.25) is 0 Å². The topological polar surface area (TPSA) is 74.7 Å². The van der Waals surface area contributed by atoms with E-state index in [1.54, 1.807) is 6.92 Å². The molecule has 0 saturated carbocycles. The molecule has 18 heavy (non-hydrogen) atoms. The molecule has 1 rings (SSSR count). The van der Waals surface area contributed by atoms with E-state index in [1.807, 2.05) is 13.8 Å². The smallest absolute Gasteiger partial charge is 0.345 e. The van der Waals surface area contributed by atoms with E-state index in [1.165, 1.54) is 17.4 Å². The average molecular weight is 291 g/mol. The number of hydrogen-bond donors (Lipinski definition) is 1. The zero-order valence-corrected chi connectivity index (χ0v) is 12.4. The molecule has 1 aromatic rings. The molecular formula is C11H17NO4S2. The molecule has 1 aromatic heterocycles. The number of rotatable bonds is 5. The van der Waals surface area contributed by atoms with E-state index in [-0.39, 0.29) is 15.7 Å². The molecule has 0 spiro atoms. The Morgan fingerprint density at radius 3 is 2.44 bits per heavy atom. The molecule has 102 valence electrons. The maximum absolute atomic E-state index is 12.3. The van der Waals surface area contributed by atoms with E-state index in [0.29, 0.717) is 11.4 Å². The van der Waals surface area contributed by atoms with E-state index in [4.69, 9.17) is 5.11 Å². The fourth-order valence-electron chi connectivity index (χ4n) is 1.61. The molecular weight excluding hydrogens is 274 g/mol. The minimum Gasteiger partial charge on any atom is -0.477 e. The van der Waals surface area contributed by atoms with Crippen LogP contribution in [0.25, 0.3) is 0 Å². The first-order chi connectivity index (χ1) is 8.16. The van der Waals surface area contributed by atoms with Crippen molar-refractivity contribution in [1.29, 1.82) is 0 Å². The predicted octanol–water partition coefficient (Wildman–Crippen LogP) is 2.03. The number of carboxylic acids is 1. The molecule has 0 aliphatic heterocycles. The fourth-order valence-corrected chi connectivity index (χ4v) is 4.34. The van der Waals surface area contributed by atoms with E-state index >= 15 is 0 Å². The number of thiophene rings is 1. The van der Waals surface area contributed by atoms with E-state index in [9.17, 15) is 13.2 Å². The van der Waals surface area contributed by atoms with Crippen LogP contribution in [0.1, 0.15) is 28.4 Å². The Morgan fingerprint density at radius 1 is 1.50 bits per heavy atom. The predicted molar refractivity (Wildman–Crippen MR) is 70.7 cm³/mol. The fraction of sp³-hybridized carbons (Fsp3) is 0.545. The van der Waals surface area contributed by atoms with Gasteiger partial charge in [-0.2, -0.15) is 0 Å². The quantitative estimate of drug-likeness (QED) is 0.900. The van der Waals surface area contributed by atoms with Gasteiger partial charge in [0.2, 0.25) is 10.0 Å². The summed E-state index contributed by atoms with van der Waals surface area (Å²) in [6.07, 6.45) is 0. The number of carboxylic acid groups (broad SMARTS) is 1. The minimum atomic E-state index is -3.60. The van der Waals surface area contributed by atoms with Crippen molar-refractivity contribution in [1.82, 2.24) is 4.31 Å². The summed E-state index contributed by atoms with van der Waals surface area (Å²) >= 11 is 0.980. The molecule has 0 aliphatic carbocycles. The molecule has 5 nitrogen and oxygen atoms in total. The van der Waals surface area contributed by atoms with Gasteiger partial charge in [-0.25, -0.2) is 17.5 Å². The Labute approximate surface area is 111 Å². The van der Waals surface area contributed by atoms with Gasteiger partial charge >= 0.3 is 5.97 Å². The highest BCUT2D eigenvalue weighted by molar-refractivity contribution is 7.89. The molecule has 0 unspecified atom stereocenters. The summed E-state index contributed by atoms with van der Waals surface area (Å²) in [6, 6.07) is 1.23. The molecule has 0 saturated heterocycles. The van der Waals surface area contributed by atoms with Crippen LogP contribution in [0, 0.1) is 12.8 Å². The molecule has 7 heteroatoms. The third-order valence-corrected chi connectivity index (χ3v) is 5.51. The highest BCUT2D eigenvalue weighted by atomic mass is 32.2. The van der Waals surface area contributed by atoms with Crippen LogP contribution in [0.3, 0.4) is 0 Å². The van der Waals surface area contributed by atoms with Gasteiger partial charge in [-0.1, -0.05) is 13.8 Å². The largest absolute Gasteiger partial charge is 0.477 e. The molecule has 0 atom stereocenters. The van der Waals surface area contributed by atoms with Crippen molar-refractivity contribution in [3.63, 3.8) is 0 Å². The van der Waals surface area contributed by atoms with Gasteiger partial charge in [0, 0.05) is 18.5 Å². The van der Waals surface area contributed by atoms with Crippen LogP contribution in [0.5, 0.6) is 0 Å². The van der Waals surface area contributed by atoms with Gasteiger partial charge < -0.3 is 5.11 Å². The molecule has 0 fully saturated rings. The summed E-state index contributed by atoms with van der Waals surface area (Å²) in [5.74, 6) is -0.890. The molecule has 1 heterocycles. The van der Waals surface area contributed by atoms with Crippen molar-refractivity contribution in [2.45, 2.75) is 25.7 Å². The van der Waals surface area contributed by atoms with Gasteiger partial charge in [0.25, 0.3) is 0 Å². The second-order valence-electron chi connectivity index (χ2n) is 4.52. The summed E-state index contributed by atoms with van der Waals surface area (Å²) in [5, 5.41) is 8.87. The third kappa shape index (κ3) is 3.09. The van der Waals surface area contributed by atoms with Crippen LogP contribution < -0.4 is 0 Å². The van der Waals surface area contributed by atoms with E-state index in [2.05, 4.69) is 0 Å². The molecule has 0 aliphatic rings. The number of aryl methyl sites for hydroxylation is 1. The summed E-state index contributed by atoms with van der Waals surface area (Å²) in [6.45, 7) is 5.87. The van der Waals surface area contributed by atoms with Crippen LogP contribution in [-0.4, -0.2) is 37.4 Å². The van der Waals surface area contributed by atoms with Crippen LogP contribution >= 0.6 is 11.3 Å².